The first-order chi connectivity index (χ1) is 15.9. The summed E-state index contributed by atoms with van der Waals surface area (Å²) in [6.45, 7) is 5.89. The molecule has 0 aliphatic carbocycles. The molecule has 182 valence electrons. The van der Waals surface area contributed by atoms with Crippen molar-refractivity contribution >= 4 is 23.2 Å². The Labute approximate surface area is 201 Å². The highest BCUT2D eigenvalue weighted by Gasteiger charge is 2.23. The SMILES string of the molecule is COCCCN(CC(=O)N(CCc1ccc(OC)c(OC)c1)Cc1cccs1)C(=O)C(C)C. The highest BCUT2D eigenvalue weighted by atomic mass is 32.1. The van der Waals surface area contributed by atoms with E-state index in [0.717, 1.165) is 10.4 Å². The Hall–Kier alpha value is -2.58. The number of nitrogens with zero attached hydrogens (tertiary/aromatic N) is 2. The molecule has 2 rings (SSSR count). The van der Waals surface area contributed by atoms with Gasteiger partial charge in [-0.05, 0) is 42.0 Å². The van der Waals surface area contributed by atoms with Gasteiger partial charge in [0.15, 0.2) is 11.5 Å². The topological polar surface area (TPSA) is 68.3 Å². The van der Waals surface area contributed by atoms with Crippen molar-refractivity contribution in [2.24, 2.45) is 5.92 Å². The van der Waals surface area contributed by atoms with Crippen molar-refractivity contribution in [2.75, 3.05) is 47.6 Å². The second-order valence-electron chi connectivity index (χ2n) is 8.09. The molecule has 7 nitrogen and oxygen atoms in total. The van der Waals surface area contributed by atoms with E-state index in [-0.39, 0.29) is 24.3 Å². The maximum absolute atomic E-state index is 13.3. The molecule has 0 spiro atoms. The number of ether oxygens (including phenoxy) is 3. The minimum atomic E-state index is -0.169. The maximum atomic E-state index is 13.3. The van der Waals surface area contributed by atoms with E-state index in [4.69, 9.17) is 14.2 Å². The number of carbonyl (C=O) groups is 2. The van der Waals surface area contributed by atoms with E-state index >= 15 is 0 Å². The van der Waals surface area contributed by atoms with E-state index in [1.54, 1.807) is 37.6 Å². The summed E-state index contributed by atoms with van der Waals surface area (Å²) in [5, 5.41) is 2.01. The van der Waals surface area contributed by atoms with Crippen molar-refractivity contribution in [3.8, 4) is 11.5 Å². The number of thiophene rings is 1. The van der Waals surface area contributed by atoms with Gasteiger partial charge in [-0.15, -0.1) is 11.3 Å². The predicted octanol–water partition coefficient (Wildman–Crippen LogP) is 3.86. The van der Waals surface area contributed by atoms with Crippen LogP contribution in [0.25, 0.3) is 0 Å². The highest BCUT2D eigenvalue weighted by Crippen LogP contribution is 2.28. The Bertz CT molecular complexity index is 870. The van der Waals surface area contributed by atoms with E-state index in [2.05, 4.69) is 0 Å². The van der Waals surface area contributed by atoms with Gasteiger partial charge in [-0.1, -0.05) is 26.0 Å². The fourth-order valence-electron chi connectivity index (χ4n) is 3.48. The van der Waals surface area contributed by atoms with Gasteiger partial charge in [0.2, 0.25) is 11.8 Å². The van der Waals surface area contributed by atoms with Crippen LogP contribution in [0.5, 0.6) is 11.5 Å². The van der Waals surface area contributed by atoms with Crippen LogP contribution in [0.1, 0.15) is 30.7 Å². The smallest absolute Gasteiger partial charge is 0.242 e. The van der Waals surface area contributed by atoms with Crippen molar-refractivity contribution in [2.45, 2.75) is 33.2 Å². The van der Waals surface area contributed by atoms with E-state index < -0.39 is 0 Å². The number of rotatable bonds is 14. The van der Waals surface area contributed by atoms with Gasteiger partial charge in [0.05, 0.1) is 27.3 Å². The fourth-order valence-corrected chi connectivity index (χ4v) is 4.20. The summed E-state index contributed by atoms with van der Waals surface area (Å²) in [7, 11) is 4.85. The van der Waals surface area contributed by atoms with Crippen LogP contribution in [0, 0.1) is 5.92 Å². The molecule has 1 aromatic carbocycles. The third kappa shape index (κ3) is 8.37. The molecule has 0 radical (unpaired) electrons. The summed E-state index contributed by atoms with van der Waals surface area (Å²) in [4.78, 5) is 30.7. The van der Waals surface area contributed by atoms with Crippen LogP contribution in [-0.4, -0.2) is 69.2 Å². The number of benzene rings is 1. The minimum absolute atomic E-state index is 0.0181. The van der Waals surface area contributed by atoms with Gasteiger partial charge in [0.1, 0.15) is 0 Å². The Morgan fingerprint density at radius 2 is 1.76 bits per heavy atom. The zero-order valence-electron chi connectivity index (χ0n) is 20.3. The first-order valence-electron chi connectivity index (χ1n) is 11.2. The molecule has 0 unspecified atom stereocenters. The molecule has 2 aromatic rings. The molecule has 0 saturated carbocycles. The minimum Gasteiger partial charge on any atom is -0.493 e. The molecule has 0 bridgehead atoms. The number of methoxy groups -OCH3 is 3. The molecular formula is C25H36N2O5S. The van der Waals surface area contributed by atoms with Crippen LogP contribution < -0.4 is 9.47 Å². The Morgan fingerprint density at radius 3 is 2.36 bits per heavy atom. The lowest BCUT2D eigenvalue weighted by Crippen LogP contribution is -2.45. The van der Waals surface area contributed by atoms with Gasteiger partial charge in [-0.2, -0.15) is 0 Å². The third-order valence-electron chi connectivity index (χ3n) is 5.31. The van der Waals surface area contributed by atoms with E-state index in [1.165, 1.54) is 0 Å². The van der Waals surface area contributed by atoms with Crippen molar-refractivity contribution < 1.29 is 23.8 Å². The zero-order chi connectivity index (χ0) is 24.2. The summed E-state index contributed by atoms with van der Waals surface area (Å²) in [6.07, 6.45) is 1.36. The molecule has 0 atom stereocenters. The molecule has 1 heterocycles. The average molecular weight is 477 g/mol. The van der Waals surface area contributed by atoms with Crippen LogP contribution in [-0.2, 0) is 27.3 Å². The van der Waals surface area contributed by atoms with E-state index in [9.17, 15) is 9.59 Å². The molecule has 1 aromatic heterocycles. The molecule has 2 amide bonds. The van der Waals surface area contributed by atoms with Gasteiger partial charge in [0, 0.05) is 37.6 Å². The first kappa shape index (κ1) is 26.7. The largest absolute Gasteiger partial charge is 0.493 e. The first-order valence-corrected chi connectivity index (χ1v) is 12.1. The second-order valence-corrected chi connectivity index (χ2v) is 9.13. The van der Waals surface area contributed by atoms with Gasteiger partial charge in [0.25, 0.3) is 0 Å². The average Bonchev–Trinajstić information content (AvgIpc) is 3.33. The van der Waals surface area contributed by atoms with Gasteiger partial charge < -0.3 is 24.0 Å². The van der Waals surface area contributed by atoms with Crippen LogP contribution >= 0.6 is 11.3 Å². The molecular weight excluding hydrogens is 440 g/mol. The summed E-state index contributed by atoms with van der Waals surface area (Å²) < 4.78 is 15.8. The van der Waals surface area contributed by atoms with Crippen molar-refractivity contribution in [3.63, 3.8) is 0 Å². The molecule has 0 aliphatic heterocycles. The number of hydrogen-bond donors (Lipinski definition) is 0. The molecule has 33 heavy (non-hydrogen) atoms. The Balaban J connectivity index is 2.14. The quantitative estimate of drug-likeness (QED) is 0.388. The molecule has 8 heteroatoms. The van der Waals surface area contributed by atoms with Crippen LogP contribution in [0.2, 0.25) is 0 Å². The lowest BCUT2D eigenvalue weighted by Gasteiger charge is -2.28. The highest BCUT2D eigenvalue weighted by molar-refractivity contribution is 7.09. The van der Waals surface area contributed by atoms with Gasteiger partial charge >= 0.3 is 0 Å². The lowest BCUT2D eigenvalue weighted by atomic mass is 10.1. The summed E-state index contributed by atoms with van der Waals surface area (Å²) in [5.74, 6) is 1.09. The summed E-state index contributed by atoms with van der Waals surface area (Å²) in [6, 6.07) is 9.80. The summed E-state index contributed by atoms with van der Waals surface area (Å²) >= 11 is 1.62. The predicted molar refractivity (Wildman–Crippen MR) is 131 cm³/mol. The Kier molecular flexibility index (Phi) is 11.2. The van der Waals surface area contributed by atoms with Gasteiger partial charge in [-0.3, -0.25) is 9.59 Å². The van der Waals surface area contributed by atoms with Gasteiger partial charge in [-0.25, -0.2) is 0 Å². The monoisotopic (exact) mass is 476 g/mol. The van der Waals surface area contributed by atoms with Crippen LogP contribution in [0.3, 0.4) is 0 Å². The fraction of sp³-hybridized carbons (Fsp3) is 0.520. The molecule has 0 saturated heterocycles. The Morgan fingerprint density at radius 1 is 1.00 bits per heavy atom. The molecule has 0 aliphatic rings. The lowest BCUT2D eigenvalue weighted by molar-refractivity contribution is -0.142. The van der Waals surface area contributed by atoms with E-state index in [0.29, 0.717) is 50.6 Å². The maximum Gasteiger partial charge on any atom is 0.242 e. The number of amides is 2. The normalized spacial score (nSPS) is 10.8. The third-order valence-corrected chi connectivity index (χ3v) is 6.17. The van der Waals surface area contributed by atoms with E-state index in [1.807, 2.05) is 54.5 Å². The summed E-state index contributed by atoms with van der Waals surface area (Å²) in [5.41, 5.74) is 1.05. The zero-order valence-corrected chi connectivity index (χ0v) is 21.2. The van der Waals surface area contributed by atoms with Crippen molar-refractivity contribution in [3.05, 3.63) is 46.2 Å². The van der Waals surface area contributed by atoms with Crippen LogP contribution in [0.15, 0.2) is 35.7 Å². The van der Waals surface area contributed by atoms with Crippen molar-refractivity contribution in [1.82, 2.24) is 9.80 Å². The number of carbonyl (C=O) groups excluding carboxylic acids is 2. The van der Waals surface area contributed by atoms with Crippen molar-refractivity contribution in [1.29, 1.82) is 0 Å². The molecule has 0 N–H and O–H groups in total. The standard InChI is InChI=1S/C25H36N2O5S/c1-19(2)25(29)27(12-7-14-30-3)18-24(28)26(17-21-8-6-15-33-21)13-11-20-9-10-22(31-4)23(16-20)32-5/h6,8-10,15-16,19H,7,11-14,17-18H2,1-5H3. The van der Waals surface area contributed by atoms with Crippen LogP contribution in [0.4, 0.5) is 0 Å². The number of hydrogen-bond acceptors (Lipinski definition) is 6. The molecule has 0 fully saturated rings. The second kappa shape index (κ2) is 13.9.